The van der Waals surface area contributed by atoms with Gasteiger partial charge in [0.1, 0.15) is 0 Å². The Bertz CT molecular complexity index is 81.1. The van der Waals surface area contributed by atoms with E-state index in [0.29, 0.717) is 0 Å². The summed E-state index contributed by atoms with van der Waals surface area (Å²) in [4.78, 5) is 0. The van der Waals surface area contributed by atoms with Crippen molar-refractivity contribution >= 4 is 12.1 Å². The van der Waals surface area contributed by atoms with Crippen LogP contribution in [-0.2, 0) is 0 Å². The second kappa shape index (κ2) is 3.44. The van der Waals surface area contributed by atoms with Gasteiger partial charge in [-0.2, -0.15) is 0 Å². The van der Waals surface area contributed by atoms with Gasteiger partial charge in [-0.25, -0.2) is 4.31 Å². The normalized spacial score (nSPS) is 21.7. The fourth-order valence-corrected chi connectivity index (χ4v) is 1.74. The summed E-state index contributed by atoms with van der Waals surface area (Å²) in [6, 6.07) is 0.750. The molecule has 1 aliphatic rings. The summed E-state index contributed by atoms with van der Waals surface area (Å²) in [5, 5.41) is 5.39. The Balaban J connectivity index is 2.24. The van der Waals surface area contributed by atoms with E-state index in [-0.39, 0.29) is 0 Å². The zero-order valence-corrected chi connectivity index (χ0v) is 6.66. The van der Waals surface area contributed by atoms with Crippen molar-refractivity contribution in [3.8, 4) is 0 Å². The van der Waals surface area contributed by atoms with Crippen molar-refractivity contribution in [3.63, 3.8) is 0 Å². The number of hydrogen-bond acceptors (Lipinski definition) is 3. The van der Waals surface area contributed by atoms with E-state index in [4.69, 9.17) is 5.14 Å². The highest BCUT2D eigenvalue weighted by Crippen LogP contribution is 2.24. The zero-order chi connectivity index (χ0) is 6.69. The van der Waals surface area contributed by atoms with Crippen LogP contribution in [0.25, 0.3) is 0 Å². The van der Waals surface area contributed by atoms with Crippen LogP contribution in [-0.4, -0.2) is 17.4 Å². The molecule has 3 heteroatoms. The summed E-state index contributed by atoms with van der Waals surface area (Å²) in [7, 11) is 2.07. The molecule has 0 bridgehead atoms. The van der Waals surface area contributed by atoms with Crippen molar-refractivity contribution in [1.82, 2.24) is 4.31 Å². The van der Waals surface area contributed by atoms with Crippen LogP contribution < -0.4 is 5.14 Å². The molecule has 0 unspecified atom stereocenters. The van der Waals surface area contributed by atoms with Gasteiger partial charge < -0.3 is 0 Å². The third-order valence-electron chi connectivity index (χ3n) is 2.01. The smallest absolute Gasteiger partial charge is 0.0211 e. The van der Waals surface area contributed by atoms with E-state index >= 15 is 0 Å². The predicted molar refractivity (Wildman–Crippen MR) is 41.8 cm³/mol. The van der Waals surface area contributed by atoms with E-state index in [9.17, 15) is 0 Å². The Morgan fingerprint density at radius 2 is 2.00 bits per heavy atom. The molecule has 1 rings (SSSR count). The maximum atomic E-state index is 5.39. The first-order valence-electron chi connectivity index (χ1n) is 3.44. The average molecular weight is 146 g/mol. The molecule has 2 nitrogen and oxygen atoms in total. The first-order valence-corrected chi connectivity index (χ1v) is 4.28. The number of rotatable bonds is 2. The molecule has 0 aliphatic heterocycles. The van der Waals surface area contributed by atoms with Gasteiger partial charge in [-0.3, -0.25) is 5.14 Å². The van der Waals surface area contributed by atoms with Crippen LogP contribution in [0.2, 0.25) is 0 Å². The molecular formula is C6H14N2S. The maximum Gasteiger partial charge on any atom is 0.0211 e. The second-order valence-corrected chi connectivity index (χ2v) is 3.38. The highest BCUT2D eigenvalue weighted by molar-refractivity contribution is 7.94. The van der Waals surface area contributed by atoms with Crippen LogP contribution in [0.5, 0.6) is 0 Å². The van der Waals surface area contributed by atoms with Gasteiger partial charge in [-0.05, 0) is 19.9 Å². The molecule has 1 fully saturated rings. The van der Waals surface area contributed by atoms with E-state index in [0.717, 1.165) is 6.04 Å². The Labute approximate surface area is 61.1 Å². The van der Waals surface area contributed by atoms with Gasteiger partial charge in [0.25, 0.3) is 0 Å². The molecule has 9 heavy (non-hydrogen) atoms. The molecule has 1 saturated carbocycles. The van der Waals surface area contributed by atoms with Gasteiger partial charge in [-0.15, -0.1) is 0 Å². The van der Waals surface area contributed by atoms with Crippen molar-refractivity contribution in [2.24, 2.45) is 5.14 Å². The fourth-order valence-electron chi connectivity index (χ4n) is 1.35. The van der Waals surface area contributed by atoms with E-state index in [2.05, 4.69) is 11.4 Å². The van der Waals surface area contributed by atoms with Crippen molar-refractivity contribution in [2.75, 3.05) is 7.05 Å². The topological polar surface area (TPSA) is 29.3 Å². The third kappa shape index (κ3) is 1.85. The van der Waals surface area contributed by atoms with Crippen LogP contribution in [0, 0.1) is 0 Å². The lowest BCUT2D eigenvalue weighted by molar-refractivity contribution is 0.416. The lowest BCUT2D eigenvalue weighted by Gasteiger charge is -2.19. The lowest BCUT2D eigenvalue weighted by Crippen LogP contribution is -2.23. The Morgan fingerprint density at radius 3 is 2.44 bits per heavy atom. The van der Waals surface area contributed by atoms with E-state index < -0.39 is 0 Å². The number of nitrogens with two attached hydrogens (primary N) is 1. The molecule has 0 aromatic heterocycles. The Morgan fingerprint density at radius 1 is 1.44 bits per heavy atom. The minimum Gasteiger partial charge on any atom is -0.264 e. The first kappa shape index (κ1) is 7.38. The summed E-state index contributed by atoms with van der Waals surface area (Å²) in [6.45, 7) is 0. The van der Waals surface area contributed by atoms with E-state index in [1.807, 2.05) is 0 Å². The largest absolute Gasteiger partial charge is 0.264 e. The quantitative estimate of drug-likeness (QED) is 0.597. The molecule has 0 heterocycles. The van der Waals surface area contributed by atoms with Gasteiger partial charge in [0.15, 0.2) is 0 Å². The lowest BCUT2D eigenvalue weighted by atomic mass is 10.3. The first-order chi connectivity index (χ1) is 4.34. The molecule has 0 spiro atoms. The predicted octanol–water partition coefficient (Wildman–Crippen LogP) is 1.38. The van der Waals surface area contributed by atoms with Crippen LogP contribution in [0.1, 0.15) is 25.7 Å². The maximum absolute atomic E-state index is 5.39. The molecule has 0 radical (unpaired) electrons. The Hall–Kier alpha value is 0.270. The van der Waals surface area contributed by atoms with E-state index in [1.165, 1.54) is 37.8 Å². The fraction of sp³-hybridized carbons (Fsp3) is 1.00. The summed E-state index contributed by atoms with van der Waals surface area (Å²) in [6.07, 6.45) is 5.44. The standard InChI is InChI=1S/C6H14N2S/c1-8(9-7)6-4-2-3-5-6/h6H,2-5,7H2,1H3. The number of nitrogens with zero attached hydrogens (tertiary/aromatic N) is 1. The zero-order valence-electron chi connectivity index (χ0n) is 5.84. The van der Waals surface area contributed by atoms with Crippen LogP contribution in [0.15, 0.2) is 0 Å². The summed E-state index contributed by atoms with van der Waals surface area (Å²) < 4.78 is 2.16. The van der Waals surface area contributed by atoms with Crippen molar-refractivity contribution in [3.05, 3.63) is 0 Å². The minimum absolute atomic E-state index is 0.750. The summed E-state index contributed by atoms with van der Waals surface area (Å²) in [5.41, 5.74) is 0. The third-order valence-corrected chi connectivity index (χ3v) is 2.64. The molecule has 0 amide bonds. The van der Waals surface area contributed by atoms with Crippen LogP contribution in [0.4, 0.5) is 0 Å². The highest BCUT2D eigenvalue weighted by atomic mass is 32.2. The molecule has 2 N–H and O–H groups in total. The number of hydrogen-bond donors (Lipinski definition) is 1. The molecule has 0 aromatic carbocycles. The summed E-state index contributed by atoms with van der Waals surface area (Å²) in [5.74, 6) is 0. The van der Waals surface area contributed by atoms with Gasteiger partial charge in [0.2, 0.25) is 0 Å². The second-order valence-electron chi connectivity index (χ2n) is 2.59. The molecular weight excluding hydrogens is 132 g/mol. The SMILES string of the molecule is CN(SN)C1CCCC1. The van der Waals surface area contributed by atoms with Crippen molar-refractivity contribution in [1.29, 1.82) is 0 Å². The average Bonchev–Trinajstić information content (AvgIpc) is 2.37. The van der Waals surface area contributed by atoms with Crippen molar-refractivity contribution < 1.29 is 0 Å². The molecule has 0 atom stereocenters. The van der Waals surface area contributed by atoms with Gasteiger partial charge in [0, 0.05) is 18.2 Å². The summed E-state index contributed by atoms with van der Waals surface area (Å²) >= 11 is 1.36. The van der Waals surface area contributed by atoms with Gasteiger partial charge >= 0.3 is 0 Å². The van der Waals surface area contributed by atoms with Crippen LogP contribution in [0.3, 0.4) is 0 Å². The molecule has 1 aliphatic carbocycles. The molecule has 54 valence electrons. The van der Waals surface area contributed by atoms with Gasteiger partial charge in [-0.1, -0.05) is 12.8 Å². The van der Waals surface area contributed by atoms with Crippen molar-refractivity contribution in [2.45, 2.75) is 31.7 Å². The minimum atomic E-state index is 0.750. The Kier molecular flexibility index (Phi) is 2.82. The van der Waals surface area contributed by atoms with Crippen LogP contribution >= 0.6 is 12.1 Å². The molecule has 0 aromatic rings. The highest BCUT2D eigenvalue weighted by Gasteiger charge is 2.18. The monoisotopic (exact) mass is 146 g/mol. The van der Waals surface area contributed by atoms with E-state index in [1.54, 1.807) is 0 Å². The molecule has 0 saturated heterocycles. The van der Waals surface area contributed by atoms with Gasteiger partial charge in [0.05, 0.1) is 0 Å².